The van der Waals surface area contributed by atoms with E-state index >= 15 is 0 Å². The van der Waals surface area contributed by atoms with Crippen LogP contribution in [0.1, 0.15) is 5.56 Å². The van der Waals surface area contributed by atoms with Crippen LogP contribution in [0.3, 0.4) is 0 Å². The van der Waals surface area contributed by atoms with Crippen molar-refractivity contribution >= 4 is 10.8 Å². The predicted molar refractivity (Wildman–Crippen MR) is 48.6 cm³/mol. The molecule has 13 heavy (non-hydrogen) atoms. The minimum atomic E-state index is -0.457. The van der Waals surface area contributed by atoms with Crippen LogP contribution in [0.2, 0.25) is 0 Å². The van der Waals surface area contributed by atoms with Gasteiger partial charge >= 0.3 is 0 Å². The van der Waals surface area contributed by atoms with Crippen molar-refractivity contribution in [3.05, 3.63) is 47.8 Å². The lowest BCUT2D eigenvalue weighted by Crippen LogP contribution is -1.85. The van der Waals surface area contributed by atoms with Gasteiger partial charge in [-0.3, -0.25) is 0 Å². The van der Waals surface area contributed by atoms with Crippen molar-refractivity contribution in [2.75, 3.05) is 0 Å². The normalized spacial score (nSPS) is 9.85. The second-order valence-corrected chi connectivity index (χ2v) is 2.76. The van der Waals surface area contributed by atoms with E-state index in [1.165, 1.54) is 6.07 Å². The van der Waals surface area contributed by atoms with Crippen molar-refractivity contribution in [1.29, 1.82) is 5.26 Å². The molecule has 0 aliphatic carbocycles. The molecule has 0 bridgehead atoms. The van der Waals surface area contributed by atoms with Gasteiger partial charge in [0, 0.05) is 5.39 Å². The summed E-state index contributed by atoms with van der Waals surface area (Å²) in [6.07, 6.45) is 0. The van der Waals surface area contributed by atoms with Crippen molar-refractivity contribution in [2.24, 2.45) is 0 Å². The summed E-state index contributed by atoms with van der Waals surface area (Å²) in [6.45, 7) is 0. The molecule has 2 aromatic rings. The van der Waals surface area contributed by atoms with E-state index in [0.29, 0.717) is 5.39 Å². The molecule has 2 heteroatoms. The maximum absolute atomic E-state index is 13.1. The minimum absolute atomic E-state index is 0.123. The molecule has 62 valence electrons. The van der Waals surface area contributed by atoms with E-state index in [1.807, 2.05) is 18.2 Å². The largest absolute Gasteiger partial charge is 0.206 e. The average Bonchev–Trinajstić information content (AvgIpc) is 2.18. The molecule has 1 nitrogen and oxygen atoms in total. The SMILES string of the molecule is N#Cc1c(F)ccc2ccccc12. The van der Waals surface area contributed by atoms with Crippen LogP contribution in [-0.4, -0.2) is 0 Å². The Balaban J connectivity index is 2.94. The first-order valence-electron chi connectivity index (χ1n) is 3.90. The quantitative estimate of drug-likeness (QED) is 0.597. The Kier molecular flexibility index (Phi) is 1.71. The number of fused-ring (bicyclic) bond motifs is 1. The zero-order chi connectivity index (χ0) is 9.26. The smallest absolute Gasteiger partial charge is 0.141 e. The summed E-state index contributed by atoms with van der Waals surface area (Å²) in [4.78, 5) is 0. The molecule has 0 atom stereocenters. The van der Waals surface area contributed by atoms with Crippen molar-refractivity contribution in [3.63, 3.8) is 0 Å². The molecule has 0 amide bonds. The Bertz CT molecular complexity index is 497. The van der Waals surface area contributed by atoms with Crippen LogP contribution >= 0.6 is 0 Å². The van der Waals surface area contributed by atoms with Gasteiger partial charge in [0.1, 0.15) is 11.9 Å². The van der Waals surface area contributed by atoms with Gasteiger partial charge in [-0.05, 0) is 11.5 Å². The Morgan fingerprint density at radius 1 is 1.08 bits per heavy atom. The topological polar surface area (TPSA) is 23.8 Å². The summed E-state index contributed by atoms with van der Waals surface area (Å²) in [5, 5.41) is 10.3. The van der Waals surface area contributed by atoms with Gasteiger partial charge in [0.15, 0.2) is 0 Å². The minimum Gasteiger partial charge on any atom is -0.206 e. The Morgan fingerprint density at radius 2 is 1.85 bits per heavy atom. The number of hydrogen-bond donors (Lipinski definition) is 0. The first kappa shape index (κ1) is 7.75. The number of benzene rings is 2. The second-order valence-electron chi connectivity index (χ2n) is 2.76. The molecular formula is C11H6FN. The van der Waals surface area contributed by atoms with Crippen molar-refractivity contribution < 1.29 is 4.39 Å². The van der Waals surface area contributed by atoms with Gasteiger partial charge < -0.3 is 0 Å². The van der Waals surface area contributed by atoms with E-state index in [9.17, 15) is 4.39 Å². The zero-order valence-corrected chi connectivity index (χ0v) is 6.79. The molecule has 0 aliphatic rings. The highest BCUT2D eigenvalue weighted by atomic mass is 19.1. The fourth-order valence-corrected chi connectivity index (χ4v) is 1.36. The molecule has 0 saturated carbocycles. The van der Waals surface area contributed by atoms with Gasteiger partial charge in [0.05, 0.1) is 5.56 Å². The molecule has 0 unspecified atom stereocenters. The van der Waals surface area contributed by atoms with Crippen LogP contribution in [-0.2, 0) is 0 Å². The molecule has 0 spiro atoms. The fourth-order valence-electron chi connectivity index (χ4n) is 1.36. The molecule has 0 saturated heterocycles. The van der Waals surface area contributed by atoms with Crippen molar-refractivity contribution in [3.8, 4) is 6.07 Å². The van der Waals surface area contributed by atoms with E-state index < -0.39 is 5.82 Å². The monoisotopic (exact) mass is 171 g/mol. The van der Waals surface area contributed by atoms with Gasteiger partial charge in [-0.25, -0.2) is 4.39 Å². The van der Waals surface area contributed by atoms with Crippen molar-refractivity contribution in [1.82, 2.24) is 0 Å². The highest BCUT2D eigenvalue weighted by Crippen LogP contribution is 2.20. The van der Waals surface area contributed by atoms with Gasteiger partial charge in [-0.15, -0.1) is 0 Å². The van der Waals surface area contributed by atoms with Crippen LogP contribution in [0.25, 0.3) is 10.8 Å². The lowest BCUT2D eigenvalue weighted by molar-refractivity contribution is 0.626. The molecule has 2 aromatic carbocycles. The number of hydrogen-bond acceptors (Lipinski definition) is 1. The van der Waals surface area contributed by atoms with Crippen LogP contribution in [0.15, 0.2) is 36.4 Å². The van der Waals surface area contributed by atoms with Gasteiger partial charge in [-0.2, -0.15) is 5.26 Å². The number of nitrogens with zero attached hydrogens (tertiary/aromatic N) is 1. The third-order valence-electron chi connectivity index (χ3n) is 1.99. The summed E-state index contributed by atoms with van der Waals surface area (Å²) < 4.78 is 13.1. The summed E-state index contributed by atoms with van der Waals surface area (Å²) >= 11 is 0. The summed E-state index contributed by atoms with van der Waals surface area (Å²) in [5.41, 5.74) is 0.123. The highest BCUT2D eigenvalue weighted by Gasteiger charge is 2.04. The third-order valence-corrected chi connectivity index (χ3v) is 1.99. The maximum Gasteiger partial charge on any atom is 0.141 e. The molecule has 2 rings (SSSR count). The second kappa shape index (κ2) is 2.87. The number of rotatable bonds is 0. The van der Waals surface area contributed by atoms with E-state index in [1.54, 1.807) is 18.2 Å². The Labute approximate surface area is 75.0 Å². The fraction of sp³-hybridized carbons (Fsp3) is 0. The van der Waals surface area contributed by atoms with Gasteiger partial charge in [0.25, 0.3) is 0 Å². The molecule has 0 N–H and O–H groups in total. The zero-order valence-electron chi connectivity index (χ0n) is 6.79. The lowest BCUT2D eigenvalue weighted by Gasteiger charge is -1.99. The van der Waals surface area contributed by atoms with E-state index in [4.69, 9.17) is 5.26 Å². The number of nitriles is 1. The van der Waals surface area contributed by atoms with Crippen molar-refractivity contribution in [2.45, 2.75) is 0 Å². The molecule has 0 fully saturated rings. The third kappa shape index (κ3) is 1.15. The van der Waals surface area contributed by atoms with Crippen LogP contribution < -0.4 is 0 Å². The van der Waals surface area contributed by atoms with Crippen LogP contribution in [0.5, 0.6) is 0 Å². The first-order chi connectivity index (χ1) is 6.33. The summed E-state index contributed by atoms with van der Waals surface area (Å²) in [7, 11) is 0. The number of halogens is 1. The summed E-state index contributed by atoms with van der Waals surface area (Å²) in [6, 6.07) is 12.1. The Morgan fingerprint density at radius 3 is 2.62 bits per heavy atom. The molecule has 0 aromatic heterocycles. The van der Waals surface area contributed by atoms with Gasteiger partial charge in [0.2, 0.25) is 0 Å². The van der Waals surface area contributed by atoms with Crippen LogP contribution in [0.4, 0.5) is 4.39 Å². The van der Waals surface area contributed by atoms with Gasteiger partial charge in [-0.1, -0.05) is 30.3 Å². The summed E-state index contributed by atoms with van der Waals surface area (Å²) in [5.74, 6) is -0.457. The highest BCUT2D eigenvalue weighted by molar-refractivity contribution is 5.87. The molecule has 0 heterocycles. The lowest BCUT2D eigenvalue weighted by atomic mass is 10.1. The van der Waals surface area contributed by atoms with E-state index in [0.717, 1.165) is 5.39 Å². The average molecular weight is 171 g/mol. The standard InChI is InChI=1S/C11H6FN/c12-11-6-5-8-3-1-2-4-9(8)10(11)7-13/h1-6H. The maximum atomic E-state index is 13.1. The van der Waals surface area contributed by atoms with Crippen LogP contribution in [0, 0.1) is 17.1 Å². The van der Waals surface area contributed by atoms with E-state index in [2.05, 4.69) is 0 Å². The molecule has 0 aliphatic heterocycles. The molecule has 0 radical (unpaired) electrons. The molecular weight excluding hydrogens is 165 g/mol. The predicted octanol–water partition coefficient (Wildman–Crippen LogP) is 2.85. The van der Waals surface area contributed by atoms with E-state index in [-0.39, 0.29) is 5.56 Å². The first-order valence-corrected chi connectivity index (χ1v) is 3.90. The Hall–Kier alpha value is -1.88.